The zero-order valence-electron chi connectivity index (χ0n) is 18.7. The third-order valence-corrected chi connectivity index (χ3v) is 6.17. The predicted molar refractivity (Wildman–Crippen MR) is 126 cm³/mol. The number of likely N-dealkylation sites (N-methyl/N-ethyl adjacent to an activating group) is 1. The molecule has 0 fully saturated rings. The Balaban J connectivity index is 1.67. The SMILES string of the molecule is CBOn1c(CN(CCN(C)B(C)O)C2CCCc3cccnc32)nc2ccccc21. The highest BCUT2D eigenvalue weighted by Crippen LogP contribution is 2.33. The summed E-state index contributed by atoms with van der Waals surface area (Å²) in [6.45, 7) is 6.01. The summed E-state index contributed by atoms with van der Waals surface area (Å²) in [5, 5.41) is 9.96. The average molecular weight is 419 g/mol. The minimum absolute atomic E-state index is 0.224. The summed E-state index contributed by atoms with van der Waals surface area (Å²) in [5.74, 6) is 0.894. The van der Waals surface area contributed by atoms with E-state index in [1.165, 1.54) is 11.3 Å². The lowest BCUT2D eigenvalue weighted by Crippen LogP contribution is -2.42. The fourth-order valence-electron chi connectivity index (χ4n) is 4.37. The molecule has 1 aromatic carbocycles. The van der Waals surface area contributed by atoms with E-state index in [4.69, 9.17) is 14.7 Å². The van der Waals surface area contributed by atoms with Gasteiger partial charge < -0.3 is 14.6 Å². The van der Waals surface area contributed by atoms with E-state index in [0.717, 1.165) is 49.2 Å². The average Bonchev–Trinajstić information content (AvgIpc) is 3.13. The van der Waals surface area contributed by atoms with Gasteiger partial charge in [-0.3, -0.25) is 9.88 Å². The molecule has 2 heterocycles. The van der Waals surface area contributed by atoms with Crippen LogP contribution in [0, 0.1) is 0 Å². The second-order valence-corrected chi connectivity index (χ2v) is 8.27. The van der Waals surface area contributed by atoms with E-state index in [9.17, 15) is 5.02 Å². The van der Waals surface area contributed by atoms with Crippen LogP contribution in [0.15, 0.2) is 42.6 Å². The summed E-state index contributed by atoms with van der Waals surface area (Å²) >= 11 is 0. The Bertz CT molecular complexity index is 1010. The zero-order valence-corrected chi connectivity index (χ0v) is 18.7. The maximum atomic E-state index is 9.96. The molecule has 0 amide bonds. The molecule has 1 atom stereocenters. The van der Waals surface area contributed by atoms with Crippen LogP contribution in [-0.2, 0) is 13.0 Å². The van der Waals surface area contributed by atoms with Gasteiger partial charge in [0.05, 0.1) is 23.8 Å². The maximum absolute atomic E-state index is 9.96. The number of nitrogens with zero attached hydrogens (tertiary/aromatic N) is 5. The van der Waals surface area contributed by atoms with E-state index in [0.29, 0.717) is 14.0 Å². The van der Waals surface area contributed by atoms with Crippen LogP contribution in [0.4, 0.5) is 0 Å². The van der Waals surface area contributed by atoms with Crippen molar-refractivity contribution in [2.45, 2.75) is 45.5 Å². The lowest BCUT2D eigenvalue weighted by Gasteiger charge is -2.36. The fourth-order valence-corrected chi connectivity index (χ4v) is 4.37. The molecule has 1 aliphatic rings. The minimum Gasteiger partial charge on any atom is -0.488 e. The quantitative estimate of drug-likeness (QED) is 0.537. The van der Waals surface area contributed by atoms with Crippen molar-refractivity contribution < 1.29 is 9.78 Å². The molecule has 0 saturated carbocycles. The van der Waals surface area contributed by atoms with Crippen molar-refractivity contribution in [3.63, 3.8) is 0 Å². The molecule has 0 saturated heterocycles. The van der Waals surface area contributed by atoms with Gasteiger partial charge in [-0.15, -0.1) is 0 Å². The lowest BCUT2D eigenvalue weighted by atomic mass is 9.86. The smallest absolute Gasteiger partial charge is 0.376 e. The van der Waals surface area contributed by atoms with Crippen LogP contribution in [-0.4, -0.2) is 64.1 Å². The molecule has 31 heavy (non-hydrogen) atoms. The normalized spacial score (nSPS) is 16.0. The third kappa shape index (κ3) is 4.79. The second-order valence-electron chi connectivity index (χ2n) is 8.27. The van der Waals surface area contributed by atoms with E-state index in [1.807, 2.05) is 59.9 Å². The molecule has 1 unspecified atom stereocenters. The minimum atomic E-state index is -0.480. The molecular weight excluding hydrogens is 388 g/mol. The fraction of sp³-hybridized carbons (Fsp3) is 0.455. The van der Waals surface area contributed by atoms with E-state index < -0.39 is 7.05 Å². The van der Waals surface area contributed by atoms with Crippen LogP contribution in [0.1, 0.15) is 36.0 Å². The monoisotopic (exact) mass is 419 g/mol. The molecule has 1 N–H and O–H groups in total. The summed E-state index contributed by atoms with van der Waals surface area (Å²) in [6, 6.07) is 12.5. The summed E-state index contributed by atoms with van der Waals surface area (Å²) < 4.78 is 7.85. The molecule has 9 heteroatoms. The number of benzene rings is 1. The highest BCUT2D eigenvalue weighted by Gasteiger charge is 2.29. The molecule has 4 rings (SSSR count). The molecule has 0 spiro atoms. The number of rotatable bonds is 9. The van der Waals surface area contributed by atoms with E-state index >= 15 is 0 Å². The van der Waals surface area contributed by atoms with Gasteiger partial charge >= 0.3 is 14.5 Å². The molecule has 3 aromatic rings. The Morgan fingerprint density at radius 3 is 2.90 bits per heavy atom. The first-order valence-corrected chi connectivity index (χ1v) is 11.2. The van der Waals surface area contributed by atoms with E-state index in [1.54, 1.807) is 6.82 Å². The van der Waals surface area contributed by atoms with Crippen molar-refractivity contribution in [3.05, 3.63) is 59.7 Å². The van der Waals surface area contributed by atoms with Gasteiger partial charge in [-0.2, -0.15) is 4.73 Å². The van der Waals surface area contributed by atoms with Crippen LogP contribution in [0.25, 0.3) is 11.0 Å². The lowest BCUT2D eigenvalue weighted by molar-refractivity contribution is 0.142. The van der Waals surface area contributed by atoms with Gasteiger partial charge in [0.15, 0.2) is 5.82 Å². The molecular formula is C22H31B2N5O2. The largest absolute Gasteiger partial charge is 0.488 e. The Labute approximate surface area is 185 Å². The second kappa shape index (κ2) is 9.85. The van der Waals surface area contributed by atoms with Gasteiger partial charge in [-0.1, -0.05) is 18.2 Å². The first kappa shape index (κ1) is 21.9. The molecule has 0 bridgehead atoms. The zero-order chi connectivity index (χ0) is 21.8. The molecule has 7 nitrogen and oxygen atoms in total. The van der Waals surface area contributed by atoms with Crippen LogP contribution in [0.5, 0.6) is 0 Å². The standard InChI is InChI=1S/C22H31B2N5O2/c1-23-31-29-19-11-5-4-10-18(19)26-21(29)16-28(15-14-27(3)24(2)30)20-12-6-8-17-9-7-13-25-22(17)20/h4-5,7,9-11,13,20,23,30H,6,8,12,14-16H2,1-3H3. The van der Waals surface area contributed by atoms with E-state index in [2.05, 4.69) is 11.0 Å². The summed E-state index contributed by atoms with van der Waals surface area (Å²) in [6.07, 6.45) is 5.19. The van der Waals surface area contributed by atoms with Crippen LogP contribution < -0.4 is 4.76 Å². The van der Waals surface area contributed by atoms with Gasteiger partial charge in [0.1, 0.15) is 5.52 Å². The highest BCUT2D eigenvalue weighted by atomic mass is 16.6. The van der Waals surface area contributed by atoms with Gasteiger partial charge in [0.25, 0.3) is 0 Å². The van der Waals surface area contributed by atoms with Gasteiger partial charge in [0.2, 0.25) is 0 Å². The summed E-state index contributed by atoms with van der Waals surface area (Å²) in [7, 11) is 2.05. The third-order valence-electron chi connectivity index (χ3n) is 6.17. The first-order valence-electron chi connectivity index (χ1n) is 11.2. The predicted octanol–water partition coefficient (Wildman–Crippen LogP) is 2.18. The topological polar surface area (TPSA) is 66.7 Å². The summed E-state index contributed by atoms with van der Waals surface area (Å²) in [4.78, 5) is 14.1. The van der Waals surface area contributed by atoms with Crippen molar-refractivity contribution in [2.24, 2.45) is 0 Å². The number of fused-ring (bicyclic) bond motifs is 2. The number of aryl methyl sites for hydroxylation is 1. The highest BCUT2D eigenvalue weighted by molar-refractivity contribution is 6.45. The van der Waals surface area contributed by atoms with Gasteiger partial charge in [-0.05, 0) is 63.7 Å². The van der Waals surface area contributed by atoms with Crippen molar-refractivity contribution in [1.29, 1.82) is 0 Å². The first-order chi connectivity index (χ1) is 15.1. The van der Waals surface area contributed by atoms with Crippen LogP contribution in [0.2, 0.25) is 13.6 Å². The van der Waals surface area contributed by atoms with Crippen molar-refractivity contribution in [1.82, 2.24) is 24.4 Å². The van der Waals surface area contributed by atoms with E-state index in [-0.39, 0.29) is 6.04 Å². The van der Waals surface area contributed by atoms with Gasteiger partial charge in [0, 0.05) is 19.3 Å². The molecule has 2 aromatic heterocycles. The Morgan fingerprint density at radius 1 is 1.26 bits per heavy atom. The number of hydrogen-bond acceptors (Lipinski definition) is 6. The van der Waals surface area contributed by atoms with Crippen molar-refractivity contribution in [2.75, 3.05) is 20.1 Å². The number of hydrogen-bond donors (Lipinski definition) is 1. The molecule has 0 radical (unpaired) electrons. The Hall–Kier alpha value is -2.35. The number of imidazole rings is 1. The Morgan fingerprint density at radius 2 is 2.10 bits per heavy atom. The van der Waals surface area contributed by atoms with Gasteiger partial charge in [-0.25, -0.2) is 4.98 Å². The maximum Gasteiger partial charge on any atom is 0.376 e. The summed E-state index contributed by atoms with van der Waals surface area (Å²) in [5.41, 5.74) is 4.44. The number of para-hydroxylation sites is 2. The number of aromatic nitrogens is 3. The van der Waals surface area contributed by atoms with Crippen LogP contribution in [0.3, 0.4) is 0 Å². The van der Waals surface area contributed by atoms with Crippen molar-refractivity contribution in [3.8, 4) is 0 Å². The Kier molecular flexibility index (Phi) is 6.95. The number of pyridine rings is 1. The van der Waals surface area contributed by atoms with Crippen molar-refractivity contribution >= 4 is 25.6 Å². The molecule has 162 valence electrons. The molecule has 0 aliphatic heterocycles. The van der Waals surface area contributed by atoms with Crippen LogP contribution >= 0.6 is 0 Å². The molecule has 1 aliphatic carbocycles.